The summed E-state index contributed by atoms with van der Waals surface area (Å²) in [4.78, 5) is 25.7. The van der Waals surface area contributed by atoms with Gasteiger partial charge in [-0.15, -0.1) is 0 Å². The third-order valence-electron chi connectivity index (χ3n) is 3.70. The summed E-state index contributed by atoms with van der Waals surface area (Å²) in [6, 6.07) is 5.43. The predicted octanol–water partition coefficient (Wildman–Crippen LogP) is 1.85. The number of anilines is 1. The lowest BCUT2D eigenvalue weighted by molar-refractivity contribution is -0.139. The molecule has 1 aromatic rings. The molecule has 4 nitrogen and oxygen atoms in total. The molecule has 1 saturated heterocycles. The van der Waals surface area contributed by atoms with Crippen molar-refractivity contribution in [3.63, 3.8) is 0 Å². The third kappa shape index (κ3) is 1.45. The number of hydrogen-bond acceptors (Lipinski definition) is 3. The number of likely N-dealkylation sites (tertiary alicyclic amines) is 1. The monoisotopic (exact) mass is 264 g/mol. The zero-order chi connectivity index (χ0) is 12.9. The highest BCUT2D eigenvalue weighted by Gasteiger charge is 2.49. The van der Waals surface area contributed by atoms with Gasteiger partial charge in [-0.05, 0) is 30.7 Å². The fraction of sp³-hybridized carbons (Fsp3) is 0.385. The normalized spacial score (nSPS) is 25.8. The standard InChI is InChI=1S/C13H13ClN2O2/c1-2-16-12(17)9-6-15-10-4-3-7(14)5-8(10)11(9)13(16)18/h3-5,9,11,15H,2,6H2,1H3/t9-,11+/m0/s1. The van der Waals surface area contributed by atoms with Crippen molar-refractivity contribution < 1.29 is 9.59 Å². The Labute approximate surface area is 110 Å². The van der Waals surface area contributed by atoms with Crippen molar-refractivity contribution in [3.05, 3.63) is 28.8 Å². The SMILES string of the molecule is CCN1C(=O)[C@H]2CNc3ccc(Cl)cc3[C@H]2C1=O. The molecule has 3 rings (SSSR count). The van der Waals surface area contributed by atoms with Crippen molar-refractivity contribution in [1.82, 2.24) is 4.90 Å². The van der Waals surface area contributed by atoms with Crippen LogP contribution in [0.3, 0.4) is 0 Å². The minimum atomic E-state index is -0.368. The average Bonchev–Trinajstić information content (AvgIpc) is 2.61. The minimum Gasteiger partial charge on any atom is -0.384 e. The number of imide groups is 1. The van der Waals surface area contributed by atoms with Crippen LogP contribution in [0.1, 0.15) is 18.4 Å². The molecule has 2 aliphatic heterocycles. The van der Waals surface area contributed by atoms with Gasteiger partial charge >= 0.3 is 0 Å². The van der Waals surface area contributed by atoms with Crippen molar-refractivity contribution in [3.8, 4) is 0 Å². The van der Waals surface area contributed by atoms with Crippen LogP contribution in [0, 0.1) is 5.92 Å². The van der Waals surface area contributed by atoms with Gasteiger partial charge in [0.15, 0.2) is 0 Å². The van der Waals surface area contributed by atoms with Gasteiger partial charge in [0.05, 0.1) is 11.8 Å². The Morgan fingerprint density at radius 2 is 2.17 bits per heavy atom. The molecule has 0 spiro atoms. The molecule has 2 heterocycles. The van der Waals surface area contributed by atoms with Crippen LogP contribution in [0.4, 0.5) is 5.69 Å². The lowest BCUT2D eigenvalue weighted by Gasteiger charge is -2.26. The van der Waals surface area contributed by atoms with Gasteiger partial charge in [0.1, 0.15) is 0 Å². The Morgan fingerprint density at radius 3 is 2.89 bits per heavy atom. The van der Waals surface area contributed by atoms with Crippen molar-refractivity contribution in [2.24, 2.45) is 5.92 Å². The van der Waals surface area contributed by atoms with E-state index in [9.17, 15) is 9.59 Å². The third-order valence-corrected chi connectivity index (χ3v) is 3.93. The van der Waals surface area contributed by atoms with Crippen LogP contribution in [-0.4, -0.2) is 29.8 Å². The topological polar surface area (TPSA) is 49.4 Å². The summed E-state index contributed by atoms with van der Waals surface area (Å²) in [5.41, 5.74) is 1.74. The van der Waals surface area contributed by atoms with Crippen molar-refractivity contribution in [1.29, 1.82) is 0 Å². The number of fused-ring (bicyclic) bond motifs is 3. The molecule has 0 aliphatic carbocycles. The smallest absolute Gasteiger partial charge is 0.237 e. The van der Waals surface area contributed by atoms with Crippen LogP contribution >= 0.6 is 11.6 Å². The van der Waals surface area contributed by atoms with Gasteiger partial charge in [-0.25, -0.2) is 0 Å². The van der Waals surface area contributed by atoms with Gasteiger partial charge in [-0.1, -0.05) is 11.6 Å². The summed E-state index contributed by atoms with van der Waals surface area (Å²) >= 11 is 5.98. The maximum Gasteiger partial charge on any atom is 0.237 e. The minimum absolute atomic E-state index is 0.0781. The average molecular weight is 265 g/mol. The molecule has 2 atom stereocenters. The second kappa shape index (κ2) is 3.99. The molecule has 2 aliphatic rings. The largest absolute Gasteiger partial charge is 0.384 e. The van der Waals surface area contributed by atoms with E-state index < -0.39 is 0 Å². The Hall–Kier alpha value is -1.55. The van der Waals surface area contributed by atoms with E-state index in [1.54, 1.807) is 12.1 Å². The number of hydrogen-bond donors (Lipinski definition) is 1. The van der Waals surface area contributed by atoms with Crippen molar-refractivity contribution in [2.75, 3.05) is 18.4 Å². The van der Waals surface area contributed by atoms with Crippen LogP contribution in [0.15, 0.2) is 18.2 Å². The molecule has 1 fully saturated rings. The summed E-state index contributed by atoms with van der Waals surface area (Å²) in [6.45, 7) is 2.76. The van der Waals surface area contributed by atoms with E-state index in [4.69, 9.17) is 11.6 Å². The molecule has 0 bridgehead atoms. The lowest BCUT2D eigenvalue weighted by atomic mass is 9.84. The number of rotatable bonds is 1. The van der Waals surface area contributed by atoms with Crippen LogP contribution < -0.4 is 5.32 Å². The van der Waals surface area contributed by atoms with Gasteiger partial charge in [0.25, 0.3) is 0 Å². The summed E-state index contributed by atoms with van der Waals surface area (Å²) < 4.78 is 0. The number of nitrogens with one attached hydrogen (secondary N) is 1. The van der Waals surface area contributed by atoms with E-state index in [1.807, 2.05) is 13.0 Å². The molecule has 0 aromatic heterocycles. The first-order valence-corrected chi connectivity index (χ1v) is 6.39. The first-order valence-electron chi connectivity index (χ1n) is 6.02. The molecule has 94 valence electrons. The molecule has 18 heavy (non-hydrogen) atoms. The fourth-order valence-electron chi connectivity index (χ4n) is 2.83. The van der Waals surface area contributed by atoms with Gasteiger partial charge in [-0.2, -0.15) is 0 Å². The lowest BCUT2D eigenvalue weighted by Crippen LogP contribution is -2.32. The summed E-state index contributed by atoms with van der Waals surface area (Å²) in [5, 5.41) is 3.79. The van der Waals surface area contributed by atoms with E-state index in [2.05, 4.69) is 5.32 Å². The highest BCUT2D eigenvalue weighted by Crippen LogP contribution is 2.42. The Bertz CT molecular complexity index is 544. The van der Waals surface area contributed by atoms with Gasteiger partial charge in [0.2, 0.25) is 11.8 Å². The number of benzene rings is 1. The molecule has 1 aromatic carbocycles. The maximum absolute atomic E-state index is 12.3. The zero-order valence-corrected chi connectivity index (χ0v) is 10.7. The van der Waals surface area contributed by atoms with Crippen molar-refractivity contribution in [2.45, 2.75) is 12.8 Å². The molecule has 5 heteroatoms. The van der Waals surface area contributed by atoms with Gasteiger partial charge in [-0.3, -0.25) is 14.5 Å². The molecular weight excluding hydrogens is 252 g/mol. The molecule has 0 saturated carbocycles. The van der Waals surface area contributed by atoms with Crippen LogP contribution in [0.25, 0.3) is 0 Å². The Balaban J connectivity index is 2.10. The number of nitrogens with zero attached hydrogens (tertiary/aromatic N) is 1. The molecule has 0 unspecified atom stereocenters. The quantitative estimate of drug-likeness (QED) is 0.788. The van der Waals surface area contributed by atoms with Crippen LogP contribution in [0.5, 0.6) is 0 Å². The Kier molecular flexibility index (Phi) is 2.55. The number of carbonyl (C=O) groups is 2. The van der Waals surface area contributed by atoms with Gasteiger partial charge < -0.3 is 5.32 Å². The summed E-state index contributed by atoms with van der Waals surface area (Å²) in [7, 11) is 0. The first kappa shape index (κ1) is 11.5. The molecule has 1 N–H and O–H groups in total. The predicted molar refractivity (Wildman–Crippen MR) is 68.6 cm³/mol. The molecular formula is C13H13ClN2O2. The van der Waals surface area contributed by atoms with E-state index in [1.165, 1.54) is 4.90 Å². The van der Waals surface area contributed by atoms with E-state index in [0.29, 0.717) is 18.1 Å². The number of likely N-dealkylation sites (N-methyl/N-ethyl adjacent to an activating group) is 1. The number of amides is 2. The molecule has 0 radical (unpaired) electrons. The van der Waals surface area contributed by atoms with E-state index in [-0.39, 0.29) is 23.7 Å². The van der Waals surface area contributed by atoms with Crippen molar-refractivity contribution >= 4 is 29.1 Å². The highest BCUT2D eigenvalue weighted by molar-refractivity contribution is 6.30. The highest BCUT2D eigenvalue weighted by atomic mass is 35.5. The van der Waals surface area contributed by atoms with E-state index >= 15 is 0 Å². The number of carbonyl (C=O) groups excluding carboxylic acids is 2. The van der Waals surface area contributed by atoms with Crippen LogP contribution in [-0.2, 0) is 9.59 Å². The fourth-order valence-corrected chi connectivity index (χ4v) is 3.01. The summed E-state index contributed by atoms with van der Waals surface area (Å²) in [5.74, 6) is -0.834. The number of halogens is 1. The first-order chi connectivity index (χ1) is 8.63. The zero-order valence-electron chi connectivity index (χ0n) is 9.94. The van der Waals surface area contributed by atoms with Crippen LogP contribution in [0.2, 0.25) is 5.02 Å². The van der Waals surface area contributed by atoms with Gasteiger partial charge in [0, 0.05) is 23.8 Å². The molecule has 2 amide bonds. The Morgan fingerprint density at radius 1 is 1.39 bits per heavy atom. The second-order valence-corrected chi connectivity index (χ2v) is 5.05. The van der Waals surface area contributed by atoms with E-state index in [0.717, 1.165) is 11.3 Å². The summed E-state index contributed by atoms with van der Waals surface area (Å²) in [6.07, 6.45) is 0. The maximum atomic E-state index is 12.3. The second-order valence-electron chi connectivity index (χ2n) is 4.62.